The second kappa shape index (κ2) is 15.1. The lowest BCUT2D eigenvalue weighted by Gasteiger charge is -2.35. The maximum atomic E-state index is 13.2. The molecular formula is C31H43ClN2O4. The van der Waals surface area contributed by atoms with Crippen molar-refractivity contribution >= 4 is 24.3 Å². The highest BCUT2D eigenvalue weighted by atomic mass is 35.5. The first-order chi connectivity index (χ1) is 18.0. The van der Waals surface area contributed by atoms with Crippen molar-refractivity contribution in [2.75, 3.05) is 13.1 Å². The summed E-state index contributed by atoms with van der Waals surface area (Å²) in [5.41, 5.74) is 1.47. The van der Waals surface area contributed by atoms with Crippen LogP contribution in [-0.2, 0) is 11.3 Å². The third kappa shape index (κ3) is 8.74. The molecule has 2 aromatic carbocycles. The van der Waals surface area contributed by atoms with Crippen molar-refractivity contribution in [3.8, 4) is 11.5 Å². The Kier molecular flexibility index (Phi) is 11.9. The zero-order chi connectivity index (χ0) is 26.0. The van der Waals surface area contributed by atoms with E-state index in [2.05, 4.69) is 29.3 Å². The molecule has 2 aliphatic rings. The van der Waals surface area contributed by atoms with Crippen LogP contribution in [0.5, 0.6) is 11.5 Å². The van der Waals surface area contributed by atoms with E-state index in [0.717, 1.165) is 57.5 Å². The van der Waals surface area contributed by atoms with E-state index in [0.29, 0.717) is 23.6 Å². The van der Waals surface area contributed by atoms with Gasteiger partial charge in [-0.25, -0.2) is 4.79 Å². The van der Waals surface area contributed by atoms with E-state index in [1.54, 1.807) is 24.3 Å². The van der Waals surface area contributed by atoms with Gasteiger partial charge in [-0.15, -0.1) is 12.4 Å². The van der Waals surface area contributed by atoms with Gasteiger partial charge in [-0.2, -0.15) is 0 Å². The summed E-state index contributed by atoms with van der Waals surface area (Å²) in [5, 5.41) is 12.5. The summed E-state index contributed by atoms with van der Waals surface area (Å²) in [5.74, 6) is 1.49. The van der Waals surface area contributed by atoms with E-state index in [9.17, 15) is 9.59 Å². The Labute approximate surface area is 233 Å². The molecule has 0 spiro atoms. The average Bonchev–Trinajstić information content (AvgIpc) is 2.92. The molecule has 0 aromatic heterocycles. The number of hydrogen-bond acceptors (Lipinski definition) is 4. The van der Waals surface area contributed by atoms with Crippen LogP contribution in [0.25, 0.3) is 0 Å². The number of carboxylic acids is 1. The maximum absolute atomic E-state index is 13.2. The van der Waals surface area contributed by atoms with Crippen molar-refractivity contribution in [1.29, 1.82) is 0 Å². The molecule has 1 amide bonds. The fourth-order valence-corrected chi connectivity index (χ4v) is 5.81. The Hall–Kier alpha value is -2.57. The molecule has 4 rings (SSSR count). The predicted octanol–water partition coefficient (Wildman–Crippen LogP) is 7.07. The molecule has 1 atom stereocenters. The van der Waals surface area contributed by atoms with Crippen molar-refractivity contribution in [3.63, 3.8) is 0 Å². The Morgan fingerprint density at radius 2 is 1.55 bits per heavy atom. The lowest BCUT2D eigenvalue weighted by molar-refractivity contribution is -0.128. The number of unbranched alkanes of at least 4 members (excludes halogenated alkanes) is 1. The van der Waals surface area contributed by atoms with Crippen molar-refractivity contribution < 1.29 is 19.4 Å². The summed E-state index contributed by atoms with van der Waals surface area (Å²) in [6.07, 6.45) is 11.7. The van der Waals surface area contributed by atoms with Gasteiger partial charge >= 0.3 is 5.97 Å². The van der Waals surface area contributed by atoms with E-state index in [4.69, 9.17) is 9.84 Å². The van der Waals surface area contributed by atoms with Gasteiger partial charge in [-0.1, -0.05) is 51.2 Å². The van der Waals surface area contributed by atoms with E-state index >= 15 is 0 Å². The van der Waals surface area contributed by atoms with Gasteiger partial charge < -0.3 is 15.2 Å². The van der Waals surface area contributed by atoms with E-state index in [-0.39, 0.29) is 23.9 Å². The number of nitrogens with one attached hydrogen (secondary N) is 1. The summed E-state index contributed by atoms with van der Waals surface area (Å²) < 4.78 is 5.85. The first kappa shape index (κ1) is 30.0. The van der Waals surface area contributed by atoms with Crippen molar-refractivity contribution in [2.45, 2.75) is 83.7 Å². The molecule has 7 heteroatoms. The van der Waals surface area contributed by atoms with Crippen LogP contribution in [0.15, 0.2) is 48.5 Å². The molecule has 1 saturated carbocycles. The van der Waals surface area contributed by atoms with Gasteiger partial charge in [-0.3, -0.25) is 9.69 Å². The number of amides is 1. The third-order valence-corrected chi connectivity index (χ3v) is 8.02. The van der Waals surface area contributed by atoms with Crippen LogP contribution >= 0.6 is 12.4 Å². The number of piperidine rings is 1. The maximum Gasteiger partial charge on any atom is 0.335 e. The van der Waals surface area contributed by atoms with Gasteiger partial charge in [0.2, 0.25) is 5.91 Å². The lowest BCUT2D eigenvalue weighted by atomic mass is 9.77. The number of carbonyl (C=O) groups excluding carboxylic acids is 1. The third-order valence-electron chi connectivity index (χ3n) is 8.02. The minimum absolute atomic E-state index is 0. The molecule has 1 unspecified atom stereocenters. The van der Waals surface area contributed by atoms with Crippen molar-refractivity contribution in [1.82, 2.24) is 10.2 Å². The quantitative estimate of drug-likeness (QED) is 0.317. The second-order valence-corrected chi connectivity index (χ2v) is 10.8. The molecule has 1 aliphatic carbocycles. The second-order valence-electron chi connectivity index (χ2n) is 10.8. The van der Waals surface area contributed by atoms with Gasteiger partial charge in [0.05, 0.1) is 5.56 Å². The van der Waals surface area contributed by atoms with Crippen molar-refractivity contribution in [3.05, 3.63) is 59.7 Å². The van der Waals surface area contributed by atoms with E-state index in [1.165, 1.54) is 37.7 Å². The van der Waals surface area contributed by atoms with Crippen LogP contribution in [-0.4, -0.2) is 41.0 Å². The molecule has 1 aliphatic heterocycles. The lowest BCUT2D eigenvalue weighted by Crippen LogP contribution is -2.47. The Bertz CT molecular complexity index is 998. The highest BCUT2D eigenvalue weighted by molar-refractivity contribution is 5.87. The predicted molar refractivity (Wildman–Crippen MR) is 153 cm³/mol. The normalized spacial score (nSPS) is 17.8. The minimum Gasteiger partial charge on any atom is -0.478 e. The first-order valence-electron chi connectivity index (χ1n) is 14.1. The smallest absolute Gasteiger partial charge is 0.335 e. The molecule has 1 heterocycles. The average molecular weight is 543 g/mol. The van der Waals surface area contributed by atoms with Crippen LogP contribution in [0.4, 0.5) is 0 Å². The number of carboxylic acid groups (broad SMARTS) is 1. The van der Waals surface area contributed by atoms with Crippen LogP contribution in [0, 0.1) is 11.8 Å². The number of benzene rings is 2. The monoisotopic (exact) mass is 542 g/mol. The zero-order valence-corrected chi connectivity index (χ0v) is 23.4. The molecule has 0 radical (unpaired) electrons. The van der Waals surface area contributed by atoms with Gasteiger partial charge in [0, 0.05) is 31.6 Å². The fraction of sp³-hybridized carbons (Fsp3) is 0.548. The zero-order valence-electron chi connectivity index (χ0n) is 22.6. The molecule has 0 bridgehead atoms. The number of nitrogens with zero attached hydrogens (tertiary/aromatic N) is 1. The molecule has 6 nitrogen and oxygen atoms in total. The molecule has 2 N–H and O–H groups in total. The molecule has 1 saturated heterocycles. The summed E-state index contributed by atoms with van der Waals surface area (Å²) in [7, 11) is 0. The molecule has 38 heavy (non-hydrogen) atoms. The highest BCUT2D eigenvalue weighted by Gasteiger charge is 2.31. The number of rotatable bonds is 11. The number of likely N-dealkylation sites (tertiary alicyclic amines) is 1. The standard InChI is InChI=1S/C31H42N2O4.ClH/c1-2-3-9-29(24-7-5-4-6-8-24)30(34)32-26-18-20-33(21-19-26)22-23-10-14-27(15-11-23)37-28-16-12-25(13-17-28)31(35)36;/h10-17,24,26,29H,2-9,18-22H2,1H3,(H,32,34)(H,35,36);1H. The number of halogens is 1. The summed E-state index contributed by atoms with van der Waals surface area (Å²) in [6, 6.07) is 14.8. The summed E-state index contributed by atoms with van der Waals surface area (Å²) >= 11 is 0. The van der Waals surface area contributed by atoms with Crippen LogP contribution in [0.3, 0.4) is 0 Å². The number of hydrogen-bond donors (Lipinski definition) is 2. The number of aromatic carboxylic acids is 1. The number of carbonyl (C=O) groups is 2. The van der Waals surface area contributed by atoms with Crippen LogP contribution in [0.2, 0.25) is 0 Å². The minimum atomic E-state index is -0.946. The van der Waals surface area contributed by atoms with E-state index < -0.39 is 5.97 Å². The summed E-state index contributed by atoms with van der Waals surface area (Å²) in [4.78, 5) is 26.7. The van der Waals surface area contributed by atoms with Gasteiger partial charge in [-0.05, 0) is 80.0 Å². The molecule has 208 valence electrons. The van der Waals surface area contributed by atoms with Gasteiger partial charge in [0.25, 0.3) is 0 Å². The van der Waals surface area contributed by atoms with Gasteiger partial charge in [0.15, 0.2) is 0 Å². The highest BCUT2D eigenvalue weighted by Crippen LogP contribution is 2.33. The number of ether oxygens (including phenoxy) is 1. The van der Waals surface area contributed by atoms with Gasteiger partial charge in [0.1, 0.15) is 11.5 Å². The Morgan fingerprint density at radius 3 is 2.13 bits per heavy atom. The summed E-state index contributed by atoms with van der Waals surface area (Å²) in [6.45, 7) is 5.08. The van der Waals surface area contributed by atoms with E-state index in [1.807, 2.05) is 12.1 Å². The Morgan fingerprint density at radius 1 is 0.947 bits per heavy atom. The first-order valence-corrected chi connectivity index (χ1v) is 14.1. The fourth-order valence-electron chi connectivity index (χ4n) is 5.81. The van der Waals surface area contributed by atoms with Crippen LogP contribution in [0.1, 0.15) is 87.1 Å². The van der Waals surface area contributed by atoms with Crippen LogP contribution < -0.4 is 10.1 Å². The molecule has 2 aromatic rings. The Balaban J connectivity index is 0.00000400. The topological polar surface area (TPSA) is 78.9 Å². The van der Waals surface area contributed by atoms with Crippen molar-refractivity contribution in [2.24, 2.45) is 11.8 Å². The molecular weight excluding hydrogens is 500 g/mol. The molecule has 2 fully saturated rings. The SMILES string of the molecule is CCCCC(C(=O)NC1CCN(Cc2ccc(Oc3ccc(C(=O)O)cc3)cc2)CC1)C1CCCCC1.Cl. The largest absolute Gasteiger partial charge is 0.478 e.